The molecule has 2 unspecified atom stereocenters. The summed E-state index contributed by atoms with van der Waals surface area (Å²) >= 11 is 0. The number of unbranched alkanes of at least 4 members (excludes halogenated alkanes) is 1. The van der Waals surface area contributed by atoms with Crippen LogP contribution < -0.4 is 0 Å². The molecule has 0 aromatic rings. The van der Waals surface area contributed by atoms with Crippen LogP contribution in [0.2, 0.25) is 0 Å². The van der Waals surface area contributed by atoms with Crippen LogP contribution >= 0.6 is 0 Å². The third-order valence-corrected chi connectivity index (χ3v) is 4.76. The molecule has 0 aromatic carbocycles. The van der Waals surface area contributed by atoms with Crippen LogP contribution in [0.4, 0.5) is 0 Å². The zero-order valence-electron chi connectivity index (χ0n) is 11.4. The predicted molar refractivity (Wildman–Crippen MR) is 69.1 cm³/mol. The van der Waals surface area contributed by atoms with Gasteiger partial charge in [0.15, 0.2) is 0 Å². The van der Waals surface area contributed by atoms with Gasteiger partial charge in [0.2, 0.25) is 0 Å². The summed E-state index contributed by atoms with van der Waals surface area (Å²) in [7, 11) is 0. The Kier molecular flexibility index (Phi) is 4.67. The van der Waals surface area contributed by atoms with Gasteiger partial charge >= 0.3 is 0 Å². The minimum atomic E-state index is 0.670. The van der Waals surface area contributed by atoms with E-state index in [4.69, 9.17) is 0 Å². The normalized spacial score (nSPS) is 36.0. The Hall–Kier alpha value is 0. The van der Waals surface area contributed by atoms with Crippen molar-refractivity contribution in [2.45, 2.75) is 85.5 Å². The molecule has 1 saturated carbocycles. The van der Waals surface area contributed by atoms with Gasteiger partial charge in [0.25, 0.3) is 0 Å². The average molecular weight is 210 g/mol. The highest BCUT2D eigenvalue weighted by Gasteiger charge is 2.43. The molecule has 0 nitrogen and oxygen atoms in total. The third kappa shape index (κ3) is 3.23. The zero-order chi connectivity index (χ0) is 11.4. The van der Waals surface area contributed by atoms with E-state index in [1.165, 1.54) is 57.8 Å². The predicted octanol–water partition coefficient (Wildman–Crippen LogP) is 5.56. The molecule has 0 amide bonds. The van der Waals surface area contributed by atoms with Crippen LogP contribution in [0, 0.1) is 10.8 Å². The Balaban J connectivity index is 2.60. The van der Waals surface area contributed by atoms with Crippen molar-refractivity contribution in [3.05, 3.63) is 0 Å². The molecule has 1 rings (SSSR count). The first-order chi connectivity index (χ1) is 7.10. The van der Waals surface area contributed by atoms with Crippen molar-refractivity contribution >= 4 is 0 Å². The van der Waals surface area contributed by atoms with Gasteiger partial charge in [0, 0.05) is 0 Å². The van der Waals surface area contributed by atoms with Crippen molar-refractivity contribution in [3.63, 3.8) is 0 Å². The van der Waals surface area contributed by atoms with Gasteiger partial charge in [-0.05, 0) is 42.9 Å². The first-order valence-electron chi connectivity index (χ1n) is 7.10. The molecule has 0 radical (unpaired) electrons. The van der Waals surface area contributed by atoms with Crippen LogP contribution in [-0.2, 0) is 0 Å². The van der Waals surface area contributed by atoms with Gasteiger partial charge in [-0.1, -0.05) is 53.4 Å². The maximum absolute atomic E-state index is 2.51. The van der Waals surface area contributed by atoms with Crippen molar-refractivity contribution in [2.75, 3.05) is 0 Å². The number of hydrogen-bond donors (Lipinski definition) is 0. The van der Waals surface area contributed by atoms with E-state index >= 15 is 0 Å². The molecule has 0 spiro atoms. The van der Waals surface area contributed by atoms with Crippen LogP contribution in [0.5, 0.6) is 0 Å². The molecule has 15 heavy (non-hydrogen) atoms. The zero-order valence-corrected chi connectivity index (χ0v) is 11.4. The summed E-state index contributed by atoms with van der Waals surface area (Å²) in [6, 6.07) is 0. The molecule has 1 aliphatic rings. The van der Waals surface area contributed by atoms with Gasteiger partial charge < -0.3 is 0 Å². The molecule has 0 saturated heterocycles. The molecular formula is C15H30. The van der Waals surface area contributed by atoms with E-state index in [0.29, 0.717) is 5.41 Å². The molecule has 0 heteroatoms. The van der Waals surface area contributed by atoms with Crippen LogP contribution in [0.3, 0.4) is 0 Å². The minimum Gasteiger partial charge on any atom is -0.0654 e. The maximum atomic E-state index is 2.51. The van der Waals surface area contributed by atoms with Crippen molar-refractivity contribution < 1.29 is 0 Å². The lowest BCUT2D eigenvalue weighted by atomic mass is 9.74. The van der Waals surface area contributed by atoms with Crippen molar-refractivity contribution in [3.8, 4) is 0 Å². The van der Waals surface area contributed by atoms with Gasteiger partial charge in [0.05, 0.1) is 0 Å². The van der Waals surface area contributed by atoms with Crippen molar-refractivity contribution in [1.29, 1.82) is 0 Å². The van der Waals surface area contributed by atoms with Crippen molar-refractivity contribution in [1.82, 2.24) is 0 Å². The minimum absolute atomic E-state index is 0.670. The summed E-state index contributed by atoms with van der Waals surface area (Å²) in [5.74, 6) is 0. The monoisotopic (exact) mass is 210 g/mol. The first-order valence-corrected chi connectivity index (χ1v) is 7.10. The van der Waals surface area contributed by atoms with Gasteiger partial charge in [0.1, 0.15) is 0 Å². The Morgan fingerprint density at radius 2 is 1.67 bits per heavy atom. The quantitative estimate of drug-likeness (QED) is 0.538. The summed E-state index contributed by atoms with van der Waals surface area (Å²) in [4.78, 5) is 0. The summed E-state index contributed by atoms with van der Waals surface area (Å²) in [6.07, 6.45) is 13.0. The average Bonchev–Trinajstić information content (AvgIpc) is 2.56. The van der Waals surface area contributed by atoms with Gasteiger partial charge in [-0.2, -0.15) is 0 Å². The van der Waals surface area contributed by atoms with Crippen molar-refractivity contribution in [2.24, 2.45) is 10.8 Å². The van der Waals surface area contributed by atoms with E-state index in [-0.39, 0.29) is 0 Å². The fraction of sp³-hybridized carbons (Fsp3) is 1.00. The van der Waals surface area contributed by atoms with Crippen LogP contribution in [0.25, 0.3) is 0 Å². The lowest BCUT2D eigenvalue weighted by Crippen LogP contribution is -2.20. The van der Waals surface area contributed by atoms with Gasteiger partial charge in [-0.25, -0.2) is 0 Å². The summed E-state index contributed by atoms with van der Waals surface area (Å²) in [5, 5.41) is 0. The highest BCUT2D eigenvalue weighted by atomic mass is 14.5. The molecular weight excluding hydrogens is 180 g/mol. The fourth-order valence-corrected chi connectivity index (χ4v) is 3.58. The number of rotatable bonds is 6. The van der Waals surface area contributed by atoms with E-state index in [9.17, 15) is 0 Å². The lowest BCUT2D eigenvalue weighted by molar-refractivity contribution is 0.197. The van der Waals surface area contributed by atoms with E-state index in [0.717, 1.165) is 5.41 Å². The third-order valence-electron chi connectivity index (χ3n) is 4.76. The Morgan fingerprint density at radius 1 is 0.933 bits per heavy atom. The second-order valence-corrected chi connectivity index (χ2v) is 6.19. The number of hydrogen-bond acceptors (Lipinski definition) is 0. The van der Waals surface area contributed by atoms with Crippen LogP contribution in [0.15, 0.2) is 0 Å². The summed E-state index contributed by atoms with van der Waals surface area (Å²) in [5.41, 5.74) is 1.40. The van der Waals surface area contributed by atoms with Gasteiger partial charge in [-0.3, -0.25) is 0 Å². The lowest BCUT2D eigenvalue weighted by Gasteiger charge is -2.32. The summed E-state index contributed by atoms with van der Waals surface area (Å²) in [6.45, 7) is 9.57. The van der Waals surface area contributed by atoms with E-state index < -0.39 is 0 Å². The molecule has 0 heterocycles. The van der Waals surface area contributed by atoms with E-state index in [1.807, 2.05) is 0 Å². The van der Waals surface area contributed by atoms with E-state index in [1.54, 1.807) is 0 Å². The highest BCUT2D eigenvalue weighted by Crippen LogP contribution is 2.55. The molecule has 2 atom stereocenters. The largest absolute Gasteiger partial charge is 0.0654 e. The smallest absolute Gasteiger partial charge is 0.0292 e. The SMILES string of the molecule is CCCCC1(CCC)CCC(C)(CC)C1. The maximum Gasteiger partial charge on any atom is -0.0292 e. The first kappa shape index (κ1) is 13.1. The highest BCUT2D eigenvalue weighted by molar-refractivity contribution is 4.94. The van der Waals surface area contributed by atoms with Crippen LogP contribution in [0.1, 0.15) is 85.5 Å². The molecule has 0 bridgehead atoms. The second-order valence-electron chi connectivity index (χ2n) is 6.19. The molecule has 0 N–H and O–H groups in total. The topological polar surface area (TPSA) is 0 Å². The molecule has 90 valence electrons. The summed E-state index contributed by atoms with van der Waals surface area (Å²) < 4.78 is 0. The molecule has 0 aromatic heterocycles. The molecule has 1 fully saturated rings. The molecule has 1 aliphatic carbocycles. The second kappa shape index (κ2) is 5.37. The Bertz CT molecular complexity index is 180. The van der Waals surface area contributed by atoms with Gasteiger partial charge in [-0.15, -0.1) is 0 Å². The fourth-order valence-electron chi connectivity index (χ4n) is 3.58. The van der Waals surface area contributed by atoms with E-state index in [2.05, 4.69) is 27.7 Å². The Morgan fingerprint density at radius 3 is 2.13 bits per heavy atom. The van der Waals surface area contributed by atoms with Crippen LogP contribution in [-0.4, -0.2) is 0 Å². The molecule has 0 aliphatic heterocycles. The Labute approximate surface area is 96.8 Å². The standard InChI is InChI=1S/C15H30/c1-5-8-10-15(9-6-2)12-11-14(4,7-3)13-15/h5-13H2,1-4H3.